The van der Waals surface area contributed by atoms with E-state index in [1.165, 1.54) is 32.9 Å². The number of hydrogen-bond acceptors (Lipinski definition) is 8. The summed E-state index contributed by atoms with van der Waals surface area (Å²) < 4.78 is 7.19. The molecular weight excluding hydrogens is 482 g/mol. The molecule has 2 amide bonds. The monoisotopic (exact) mass is 499 g/mol. The maximum atomic E-state index is 12.7. The van der Waals surface area contributed by atoms with E-state index in [0.717, 1.165) is 19.5 Å². The number of nitrogens with zero attached hydrogens (tertiary/aromatic N) is 2. The first-order valence-corrected chi connectivity index (χ1v) is 12.6. The van der Waals surface area contributed by atoms with Gasteiger partial charge in [-0.15, -0.1) is 11.3 Å². The second-order valence-electron chi connectivity index (χ2n) is 6.70. The number of carbonyl (C=O) groups excluding carboxylic acids is 2. The molecule has 0 spiro atoms. The van der Waals surface area contributed by atoms with Gasteiger partial charge in [0.1, 0.15) is 17.2 Å². The number of carbonyl (C=O) groups is 3. The Morgan fingerprint density at radius 2 is 1.94 bits per heavy atom. The lowest BCUT2D eigenvalue weighted by Crippen LogP contribution is -2.69. The SMILES string of the molecule is C=C=C(C(=O)O)N1C(=O)[C@@H](NC(=O)COc2ccccc2)[C@H]1SSc1nc2ccccc2s1. The van der Waals surface area contributed by atoms with Crippen LogP contribution in [0.25, 0.3) is 10.2 Å². The van der Waals surface area contributed by atoms with Gasteiger partial charge in [-0.25, -0.2) is 9.78 Å². The number of rotatable bonds is 9. The molecule has 2 atom stereocenters. The van der Waals surface area contributed by atoms with Gasteiger partial charge in [-0.3, -0.25) is 14.5 Å². The van der Waals surface area contributed by atoms with Crippen LogP contribution in [0.5, 0.6) is 5.75 Å². The van der Waals surface area contributed by atoms with E-state index >= 15 is 0 Å². The highest BCUT2D eigenvalue weighted by Crippen LogP contribution is 2.45. The minimum absolute atomic E-state index is 0.278. The highest BCUT2D eigenvalue weighted by atomic mass is 33.1. The van der Waals surface area contributed by atoms with Crippen molar-refractivity contribution in [2.75, 3.05) is 6.61 Å². The van der Waals surface area contributed by atoms with Gasteiger partial charge in [0.05, 0.1) is 10.2 Å². The van der Waals surface area contributed by atoms with E-state index in [1.807, 2.05) is 30.3 Å². The highest BCUT2D eigenvalue weighted by molar-refractivity contribution is 8.77. The van der Waals surface area contributed by atoms with Crippen LogP contribution in [0.2, 0.25) is 0 Å². The molecule has 2 heterocycles. The van der Waals surface area contributed by atoms with Gasteiger partial charge in [0.25, 0.3) is 11.8 Å². The molecule has 1 saturated heterocycles. The molecule has 3 aromatic rings. The maximum Gasteiger partial charge on any atom is 0.360 e. The van der Waals surface area contributed by atoms with Crippen LogP contribution < -0.4 is 10.1 Å². The van der Waals surface area contributed by atoms with E-state index < -0.39 is 29.2 Å². The van der Waals surface area contributed by atoms with E-state index in [0.29, 0.717) is 5.75 Å². The van der Waals surface area contributed by atoms with Gasteiger partial charge in [0, 0.05) is 0 Å². The number of benzene rings is 2. The fourth-order valence-electron chi connectivity index (χ4n) is 3.05. The van der Waals surface area contributed by atoms with E-state index in [-0.39, 0.29) is 12.3 Å². The Labute approximate surface area is 200 Å². The van der Waals surface area contributed by atoms with Crippen molar-refractivity contribution in [3.8, 4) is 5.75 Å². The number of hydrogen-bond donors (Lipinski definition) is 2. The molecule has 1 aliphatic heterocycles. The number of nitrogens with one attached hydrogen (secondary N) is 1. The van der Waals surface area contributed by atoms with Crippen molar-refractivity contribution in [3.05, 3.63) is 72.6 Å². The topological polar surface area (TPSA) is 109 Å². The molecular formula is C22H17N3O5S3. The smallest absolute Gasteiger partial charge is 0.360 e. The van der Waals surface area contributed by atoms with Crippen molar-refractivity contribution in [1.82, 2.24) is 15.2 Å². The Morgan fingerprint density at radius 1 is 1.21 bits per heavy atom. The molecule has 0 unspecified atom stereocenters. The predicted molar refractivity (Wildman–Crippen MR) is 128 cm³/mol. The van der Waals surface area contributed by atoms with Crippen molar-refractivity contribution < 1.29 is 24.2 Å². The molecule has 1 aliphatic rings. The zero-order valence-electron chi connectivity index (χ0n) is 17.0. The summed E-state index contributed by atoms with van der Waals surface area (Å²) in [5.41, 5.74) is 2.79. The molecule has 168 valence electrons. The molecule has 33 heavy (non-hydrogen) atoms. The Morgan fingerprint density at radius 3 is 2.64 bits per heavy atom. The normalized spacial score (nSPS) is 17.2. The number of carboxylic acids is 1. The molecule has 0 bridgehead atoms. The highest BCUT2D eigenvalue weighted by Gasteiger charge is 2.52. The first-order valence-electron chi connectivity index (χ1n) is 9.60. The summed E-state index contributed by atoms with van der Waals surface area (Å²) >= 11 is 1.49. The summed E-state index contributed by atoms with van der Waals surface area (Å²) in [5, 5.41) is 11.4. The van der Waals surface area contributed by atoms with Crippen LogP contribution in [0.1, 0.15) is 0 Å². The minimum atomic E-state index is -1.33. The van der Waals surface area contributed by atoms with Crippen molar-refractivity contribution in [2.45, 2.75) is 15.8 Å². The Hall–Kier alpha value is -3.24. The van der Waals surface area contributed by atoms with Gasteiger partial charge < -0.3 is 15.2 Å². The van der Waals surface area contributed by atoms with Crippen LogP contribution >= 0.6 is 32.9 Å². The summed E-state index contributed by atoms with van der Waals surface area (Å²) in [7, 11) is 2.54. The van der Waals surface area contributed by atoms with Crippen molar-refractivity contribution in [3.63, 3.8) is 0 Å². The standard InChI is InChI=1S/C22H17N3O5S3/c1-2-15(21(28)29)25-19(27)18(24-17(26)12-30-13-8-4-3-5-9-13)20(25)32-33-22-23-14-10-6-7-11-16(14)31-22/h3-11,18,20H,1,12H2,(H,24,26)(H,28,29)/t18-,20-/m1/s1. The van der Waals surface area contributed by atoms with Gasteiger partial charge in [-0.2, -0.15) is 0 Å². The average Bonchev–Trinajstić information content (AvgIpc) is 3.24. The fraction of sp³-hybridized carbons (Fsp3) is 0.136. The molecule has 4 rings (SSSR count). The lowest BCUT2D eigenvalue weighted by molar-refractivity contribution is -0.150. The minimum Gasteiger partial charge on any atom is -0.484 e. The summed E-state index contributed by atoms with van der Waals surface area (Å²) in [6.45, 7) is 3.10. The second-order valence-corrected chi connectivity index (χ2v) is 10.3. The number of aromatic nitrogens is 1. The van der Waals surface area contributed by atoms with Gasteiger partial charge in [-0.1, -0.05) is 53.4 Å². The van der Waals surface area contributed by atoms with E-state index in [1.54, 1.807) is 24.3 Å². The first-order chi connectivity index (χ1) is 16.0. The summed E-state index contributed by atoms with van der Waals surface area (Å²) in [5.74, 6) is -1.86. The number of carboxylic acid groups (broad SMARTS) is 1. The average molecular weight is 500 g/mol. The molecule has 0 saturated carbocycles. The summed E-state index contributed by atoms with van der Waals surface area (Å²) in [6, 6.07) is 15.6. The van der Waals surface area contributed by atoms with Gasteiger partial charge in [-0.05, 0) is 35.1 Å². The third-order valence-corrected chi connectivity index (χ3v) is 8.59. The quantitative estimate of drug-likeness (QED) is 0.199. The first kappa shape index (κ1) is 22.9. The van der Waals surface area contributed by atoms with Crippen LogP contribution in [-0.2, 0) is 14.4 Å². The largest absolute Gasteiger partial charge is 0.484 e. The summed E-state index contributed by atoms with van der Waals surface area (Å²) in [6.07, 6.45) is 0. The molecule has 0 radical (unpaired) electrons. The molecule has 2 N–H and O–H groups in total. The zero-order chi connectivity index (χ0) is 23.4. The van der Waals surface area contributed by atoms with Gasteiger partial charge in [0.2, 0.25) is 0 Å². The van der Waals surface area contributed by atoms with Gasteiger partial charge >= 0.3 is 5.97 Å². The van der Waals surface area contributed by atoms with Crippen molar-refractivity contribution in [2.24, 2.45) is 0 Å². The molecule has 11 heteroatoms. The Kier molecular flexibility index (Phi) is 7.05. The predicted octanol–water partition coefficient (Wildman–Crippen LogP) is 3.52. The van der Waals surface area contributed by atoms with Crippen LogP contribution in [-0.4, -0.2) is 50.8 Å². The number of ether oxygens (including phenoxy) is 1. The van der Waals surface area contributed by atoms with Crippen molar-refractivity contribution in [1.29, 1.82) is 0 Å². The van der Waals surface area contributed by atoms with E-state index in [2.05, 4.69) is 22.6 Å². The van der Waals surface area contributed by atoms with Crippen LogP contribution in [0.3, 0.4) is 0 Å². The molecule has 1 aromatic heterocycles. The number of aliphatic carboxylic acids is 1. The molecule has 2 aromatic carbocycles. The Bertz CT molecular complexity index is 1220. The van der Waals surface area contributed by atoms with E-state index in [4.69, 9.17) is 4.74 Å². The third-order valence-electron chi connectivity index (χ3n) is 4.58. The lowest BCUT2D eigenvalue weighted by Gasteiger charge is -2.45. The van der Waals surface area contributed by atoms with Crippen molar-refractivity contribution >= 4 is 60.9 Å². The Balaban J connectivity index is 1.45. The number of likely N-dealkylation sites (tertiary alicyclic amines) is 1. The molecule has 8 nitrogen and oxygen atoms in total. The lowest BCUT2D eigenvalue weighted by atomic mass is 10.1. The van der Waals surface area contributed by atoms with Crippen LogP contribution in [0.15, 0.2) is 76.9 Å². The van der Waals surface area contributed by atoms with Crippen LogP contribution in [0.4, 0.5) is 0 Å². The van der Waals surface area contributed by atoms with Crippen LogP contribution in [0, 0.1) is 0 Å². The summed E-state index contributed by atoms with van der Waals surface area (Å²) in [4.78, 5) is 42.3. The second kappa shape index (κ2) is 10.1. The van der Waals surface area contributed by atoms with E-state index in [9.17, 15) is 19.5 Å². The van der Waals surface area contributed by atoms with Gasteiger partial charge in [0.15, 0.2) is 16.6 Å². The number of para-hydroxylation sites is 2. The number of β-lactam (4-membered cyclic amide) rings is 1. The zero-order valence-corrected chi connectivity index (χ0v) is 19.4. The number of amides is 2. The molecule has 1 fully saturated rings. The molecule has 0 aliphatic carbocycles. The number of thiazole rings is 1. The number of fused-ring (bicyclic) bond motifs is 1. The maximum absolute atomic E-state index is 12.7. The fourth-order valence-corrected chi connectivity index (χ4v) is 6.97. The third kappa shape index (κ3) is 5.07.